The third-order valence-corrected chi connectivity index (χ3v) is 5.04. The standard InChI is InChI=1S/C17H28N4O/c1-11-8-19-21(10-11)13(3)12(2)18-9-16(22)20-17(14-4-5-14)15-6-7-15/h8,10,12-15,17-18H,4-7,9H2,1-3H3,(H,20,22)/t12-,13-/m1/s1. The van der Waals surface area contributed by atoms with Gasteiger partial charge in [-0.1, -0.05) is 0 Å². The van der Waals surface area contributed by atoms with Crippen LogP contribution in [0.5, 0.6) is 0 Å². The smallest absolute Gasteiger partial charge is 0.234 e. The molecule has 5 heteroatoms. The molecular formula is C17H28N4O. The highest BCUT2D eigenvalue weighted by Gasteiger charge is 2.42. The molecule has 5 nitrogen and oxygen atoms in total. The Morgan fingerprint density at radius 3 is 2.45 bits per heavy atom. The van der Waals surface area contributed by atoms with Crippen molar-refractivity contribution in [2.45, 2.75) is 64.6 Å². The summed E-state index contributed by atoms with van der Waals surface area (Å²) in [6, 6.07) is 0.866. The summed E-state index contributed by atoms with van der Waals surface area (Å²) in [5, 5.41) is 10.9. The Morgan fingerprint density at radius 1 is 1.32 bits per heavy atom. The van der Waals surface area contributed by atoms with Gasteiger partial charge in [-0.3, -0.25) is 9.48 Å². The molecule has 1 aromatic heterocycles. The van der Waals surface area contributed by atoms with Crippen LogP contribution < -0.4 is 10.6 Å². The van der Waals surface area contributed by atoms with Crippen molar-refractivity contribution >= 4 is 5.91 Å². The van der Waals surface area contributed by atoms with Crippen molar-refractivity contribution < 1.29 is 4.79 Å². The van der Waals surface area contributed by atoms with Crippen LogP contribution in [-0.4, -0.2) is 34.3 Å². The van der Waals surface area contributed by atoms with Gasteiger partial charge in [0.25, 0.3) is 0 Å². The summed E-state index contributed by atoms with van der Waals surface area (Å²) in [5.41, 5.74) is 1.16. The van der Waals surface area contributed by atoms with Crippen LogP contribution >= 0.6 is 0 Å². The fourth-order valence-electron chi connectivity index (χ4n) is 3.08. The molecule has 0 aromatic carbocycles. The Labute approximate surface area is 132 Å². The largest absolute Gasteiger partial charge is 0.352 e. The number of hydrogen-bond acceptors (Lipinski definition) is 3. The Kier molecular flexibility index (Phi) is 4.52. The van der Waals surface area contributed by atoms with Crippen molar-refractivity contribution in [3.8, 4) is 0 Å². The summed E-state index contributed by atoms with van der Waals surface area (Å²) < 4.78 is 1.96. The minimum atomic E-state index is 0.138. The number of nitrogens with zero attached hydrogens (tertiary/aromatic N) is 2. The van der Waals surface area contributed by atoms with Crippen LogP contribution in [0.1, 0.15) is 51.1 Å². The number of amides is 1. The maximum absolute atomic E-state index is 12.2. The van der Waals surface area contributed by atoms with Crippen LogP contribution in [0.4, 0.5) is 0 Å². The van der Waals surface area contributed by atoms with Crippen LogP contribution in [0.3, 0.4) is 0 Å². The van der Waals surface area contributed by atoms with Crippen LogP contribution in [0, 0.1) is 18.8 Å². The zero-order valence-corrected chi connectivity index (χ0v) is 13.9. The van der Waals surface area contributed by atoms with Gasteiger partial charge in [0.1, 0.15) is 0 Å². The summed E-state index contributed by atoms with van der Waals surface area (Å²) in [6.45, 7) is 6.66. The molecule has 0 saturated heterocycles. The average molecular weight is 304 g/mol. The van der Waals surface area contributed by atoms with Crippen molar-refractivity contribution in [3.63, 3.8) is 0 Å². The number of carbonyl (C=O) groups is 1. The first-order valence-corrected chi connectivity index (χ1v) is 8.58. The molecule has 122 valence electrons. The summed E-state index contributed by atoms with van der Waals surface area (Å²) in [4.78, 5) is 12.2. The molecule has 1 amide bonds. The minimum absolute atomic E-state index is 0.138. The van der Waals surface area contributed by atoms with Gasteiger partial charge >= 0.3 is 0 Å². The number of rotatable bonds is 8. The van der Waals surface area contributed by atoms with E-state index in [2.05, 4.69) is 29.6 Å². The second-order valence-electron chi connectivity index (χ2n) is 7.18. The van der Waals surface area contributed by atoms with E-state index in [0.29, 0.717) is 12.6 Å². The quantitative estimate of drug-likeness (QED) is 0.772. The lowest BCUT2D eigenvalue weighted by atomic mass is 10.1. The predicted octanol–water partition coefficient (Wildman–Crippen LogP) is 2.04. The number of hydrogen-bond donors (Lipinski definition) is 2. The van der Waals surface area contributed by atoms with Gasteiger partial charge in [-0.15, -0.1) is 0 Å². The van der Waals surface area contributed by atoms with Crippen LogP contribution in [0.25, 0.3) is 0 Å². The van der Waals surface area contributed by atoms with Crippen molar-refractivity contribution in [2.75, 3.05) is 6.54 Å². The van der Waals surface area contributed by atoms with Gasteiger partial charge in [-0.2, -0.15) is 5.10 Å². The molecule has 2 aliphatic rings. The van der Waals surface area contributed by atoms with Gasteiger partial charge in [0.05, 0.1) is 18.8 Å². The normalized spacial score (nSPS) is 20.9. The summed E-state index contributed by atoms with van der Waals surface area (Å²) in [6.07, 6.45) is 9.08. The third kappa shape index (κ3) is 3.88. The third-order valence-electron chi connectivity index (χ3n) is 5.04. The molecule has 0 bridgehead atoms. The molecule has 0 spiro atoms. The van der Waals surface area contributed by atoms with Gasteiger partial charge in [-0.05, 0) is 63.9 Å². The van der Waals surface area contributed by atoms with Crippen LogP contribution in [-0.2, 0) is 4.79 Å². The molecule has 0 aliphatic heterocycles. The Balaban J connectivity index is 1.43. The maximum Gasteiger partial charge on any atom is 0.234 e. The number of aryl methyl sites for hydroxylation is 1. The zero-order valence-electron chi connectivity index (χ0n) is 13.9. The molecule has 3 rings (SSSR count). The predicted molar refractivity (Wildman–Crippen MR) is 86.5 cm³/mol. The van der Waals surface area contributed by atoms with Crippen molar-refractivity contribution in [1.82, 2.24) is 20.4 Å². The summed E-state index contributed by atoms with van der Waals surface area (Å²) >= 11 is 0. The molecule has 2 atom stereocenters. The highest BCUT2D eigenvalue weighted by Crippen LogP contribution is 2.44. The lowest BCUT2D eigenvalue weighted by molar-refractivity contribution is -0.121. The van der Waals surface area contributed by atoms with Gasteiger partial charge in [0, 0.05) is 18.3 Å². The number of aromatic nitrogens is 2. The molecule has 0 unspecified atom stereocenters. The Bertz CT molecular complexity index is 506. The fraction of sp³-hybridized carbons (Fsp3) is 0.765. The molecule has 2 N–H and O–H groups in total. The summed E-state index contributed by atoms with van der Waals surface area (Å²) in [7, 11) is 0. The first kappa shape index (κ1) is 15.5. The van der Waals surface area contributed by atoms with E-state index >= 15 is 0 Å². The van der Waals surface area contributed by atoms with Gasteiger partial charge in [-0.25, -0.2) is 0 Å². The Morgan fingerprint density at radius 2 is 1.95 bits per heavy atom. The van der Waals surface area contributed by atoms with E-state index in [1.54, 1.807) is 0 Å². The van der Waals surface area contributed by atoms with Gasteiger partial charge < -0.3 is 10.6 Å². The molecule has 22 heavy (non-hydrogen) atoms. The molecule has 1 aromatic rings. The molecular weight excluding hydrogens is 276 g/mol. The number of carbonyl (C=O) groups excluding carboxylic acids is 1. The molecule has 1 heterocycles. The van der Waals surface area contributed by atoms with E-state index in [4.69, 9.17) is 0 Å². The molecule has 2 saturated carbocycles. The van der Waals surface area contributed by atoms with E-state index in [1.807, 2.05) is 24.0 Å². The van der Waals surface area contributed by atoms with E-state index in [9.17, 15) is 4.79 Å². The lowest BCUT2D eigenvalue weighted by Crippen LogP contribution is -2.45. The van der Waals surface area contributed by atoms with Crippen molar-refractivity contribution in [3.05, 3.63) is 18.0 Å². The zero-order chi connectivity index (χ0) is 15.7. The Hall–Kier alpha value is -1.36. The lowest BCUT2D eigenvalue weighted by Gasteiger charge is -2.23. The molecule has 0 radical (unpaired) electrons. The van der Waals surface area contributed by atoms with Gasteiger partial charge in [0.2, 0.25) is 5.91 Å². The van der Waals surface area contributed by atoms with Crippen LogP contribution in [0.2, 0.25) is 0 Å². The summed E-state index contributed by atoms with van der Waals surface area (Å²) in [5.74, 6) is 1.64. The highest BCUT2D eigenvalue weighted by atomic mass is 16.2. The monoisotopic (exact) mass is 304 g/mol. The first-order chi connectivity index (χ1) is 10.5. The van der Waals surface area contributed by atoms with E-state index in [-0.39, 0.29) is 18.0 Å². The second-order valence-corrected chi connectivity index (χ2v) is 7.18. The fourth-order valence-corrected chi connectivity index (χ4v) is 3.08. The van der Waals surface area contributed by atoms with Crippen molar-refractivity contribution in [2.24, 2.45) is 11.8 Å². The average Bonchev–Trinajstić information content (AvgIpc) is 3.40. The molecule has 2 aliphatic carbocycles. The van der Waals surface area contributed by atoms with Gasteiger partial charge in [0.15, 0.2) is 0 Å². The molecule has 2 fully saturated rings. The topological polar surface area (TPSA) is 59.0 Å². The number of nitrogens with one attached hydrogen (secondary N) is 2. The van der Waals surface area contributed by atoms with Crippen molar-refractivity contribution in [1.29, 1.82) is 0 Å². The first-order valence-electron chi connectivity index (χ1n) is 8.58. The maximum atomic E-state index is 12.2. The van der Waals surface area contributed by atoms with Crippen LogP contribution in [0.15, 0.2) is 12.4 Å². The van der Waals surface area contributed by atoms with E-state index < -0.39 is 0 Å². The second kappa shape index (κ2) is 6.41. The van der Waals surface area contributed by atoms with E-state index in [1.165, 1.54) is 25.7 Å². The SMILES string of the molecule is Cc1cnn([C@H](C)[C@@H](C)NCC(=O)NC(C2CC2)C2CC2)c1. The minimum Gasteiger partial charge on any atom is -0.352 e. The van der Waals surface area contributed by atoms with E-state index in [0.717, 1.165) is 17.4 Å². The highest BCUT2D eigenvalue weighted by molar-refractivity contribution is 5.78.